The Kier molecular flexibility index (Phi) is 4.62. The van der Waals surface area contributed by atoms with Crippen LogP contribution in [-0.4, -0.2) is 22.1 Å². The van der Waals surface area contributed by atoms with Gasteiger partial charge in [-0.2, -0.15) is 0 Å². The van der Waals surface area contributed by atoms with Crippen LogP contribution in [-0.2, 0) is 16.1 Å². The lowest BCUT2D eigenvalue weighted by Gasteiger charge is -2.11. The van der Waals surface area contributed by atoms with Gasteiger partial charge in [0, 0.05) is 6.54 Å². The molecule has 0 aliphatic rings. The van der Waals surface area contributed by atoms with Crippen molar-refractivity contribution in [2.75, 3.05) is 6.61 Å². The van der Waals surface area contributed by atoms with E-state index < -0.39 is 11.3 Å². The number of hydrogen-bond acceptors (Lipinski definition) is 3. The van der Waals surface area contributed by atoms with Crippen LogP contribution in [0.3, 0.4) is 0 Å². The number of esters is 1. The summed E-state index contributed by atoms with van der Waals surface area (Å²) in [4.78, 5) is 15.4. The van der Waals surface area contributed by atoms with Crippen LogP contribution in [0, 0.1) is 0 Å². The predicted molar refractivity (Wildman–Crippen MR) is 57.7 cm³/mol. The summed E-state index contributed by atoms with van der Waals surface area (Å²) in [6, 6.07) is 0. The number of halogens is 1. The summed E-state index contributed by atoms with van der Waals surface area (Å²) in [7, 11) is 0. The molecule has 15 heavy (non-hydrogen) atoms. The number of aryl methyl sites for hydroxylation is 1. The van der Waals surface area contributed by atoms with Gasteiger partial charge in [-0.1, -0.05) is 6.92 Å². The van der Waals surface area contributed by atoms with Gasteiger partial charge < -0.3 is 9.30 Å². The van der Waals surface area contributed by atoms with Crippen molar-refractivity contribution in [2.45, 2.75) is 32.2 Å². The minimum Gasteiger partial charge on any atom is -0.465 e. The zero-order valence-corrected chi connectivity index (χ0v) is 9.70. The topological polar surface area (TPSA) is 44.1 Å². The number of carbonyl (C=O) groups is 1. The fraction of sp³-hybridized carbons (Fsp3) is 0.600. The molecule has 0 amide bonds. The molecule has 0 aliphatic heterocycles. The lowest BCUT2D eigenvalue weighted by Crippen LogP contribution is -2.14. The van der Waals surface area contributed by atoms with Gasteiger partial charge in [0.25, 0.3) is 0 Å². The maximum Gasteiger partial charge on any atom is 0.330 e. The standard InChI is InChI=1S/C10H15ClN2O2/c1-3-5-13-7-12-6-8(13)9(11)10(14)15-4-2/h6-7,9H,3-5H2,1-2H3. The van der Waals surface area contributed by atoms with Crippen LogP contribution < -0.4 is 0 Å². The fourth-order valence-electron chi connectivity index (χ4n) is 1.31. The van der Waals surface area contributed by atoms with Crippen molar-refractivity contribution in [3.8, 4) is 0 Å². The zero-order valence-electron chi connectivity index (χ0n) is 8.94. The third-order valence-corrected chi connectivity index (χ3v) is 2.36. The molecular weight excluding hydrogens is 216 g/mol. The molecule has 0 saturated heterocycles. The fourth-order valence-corrected chi connectivity index (χ4v) is 1.55. The molecule has 84 valence electrons. The van der Waals surface area contributed by atoms with Crippen LogP contribution in [0.15, 0.2) is 12.5 Å². The average molecular weight is 231 g/mol. The van der Waals surface area contributed by atoms with Gasteiger partial charge in [-0.15, -0.1) is 11.6 Å². The average Bonchev–Trinajstić information content (AvgIpc) is 2.66. The third kappa shape index (κ3) is 2.96. The first-order valence-electron chi connectivity index (χ1n) is 5.01. The van der Waals surface area contributed by atoms with E-state index in [-0.39, 0.29) is 0 Å². The van der Waals surface area contributed by atoms with Crippen molar-refractivity contribution in [2.24, 2.45) is 0 Å². The summed E-state index contributed by atoms with van der Waals surface area (Å²) in [5.74, 6) is -0.419. The Morgan fingerprint density at radius 2 is 2.40 bits per heavy atom. The van der Waals surface area contributed by atoms with Crippen molar-refractivity contribution in [1.82, 2.24) is 9.55 Å². The van der Waals surface area contributed by atoms with Crippen molar-refractivity contribution >= 4 is 17.6 Å². The van der Waals surface area contributed by atoms with E-state index in [1.807, 2.05) is 4.57 Å². The van der Waals surface area contributed by atoms with Crippen LogP contribution in [0.1, 0.15) is 31.3 Å². The van der Waals surface area contributed by atoms with E-state index in [0.717, 1.165) is 13.0 Å². The summed E-state index contributed by atoms with van der Waals surface area (Å²) < 4.78 is 6.72. The quantitative estimate of drug-likeness (QED) is 0.575. The SMILES string of the molecule is CCCn1cncc1C(Cl)C(=O)OCC. The number of hydrogen-bond donors (Lipinski definition) is 0. The molecule has 0 aromatic carbocycles. The second kappa shape index (κ2) is 5.75. The Hall–Kier alpha value is -1.03. The predicted octanol–water partition coefficient (Wildman–Crippen LogP) is 2.14. The van der Waals surface area contributed by atoms with Gasteiger partial charge in [-0.05, 0) is 13.3 Å². The van der Waals surface area contributed by atoms with Crippen LogP contribution in [0.5, 0.6) is 0 Å². The van der Waals surface area contributed by atoms with Crippen molar-refractivity contribution in [3.05, 3.63) is 18.2 Å². The van der Waals surface area contributed by atoms with Gasteiger partial charge in [-0.25, -0.2) is 4.98 Å². The summed E-state index contributed by atoms with van der Waals surface area (Å²) in [6.07, 6.45) is 4.24. The van der Waals surface area contributed by atoms with Crippen LogP contribution in [0.25, 0.3) is 0 Å². The minimum atomic E-state index is -0.765. The number of aromatic nitrogens is 2. The summed E-state index contributed by atoms with van der Waals surface area (Å²) in [5.41, 5.74) is 0.692. The number of carbonyl (C=O) groups excluding carboxylic acids is 1. The van der Waals surface area contributed by atoms with E-state index in [4.69, 9.17) is 16.3 Å². The zero-order chi connectivity index (χ0) is 11.3. The Bertz CT molecular complexity index is 325. The largest absolute Gasteiger partial charge is 0.465 e. The van der Waals surface area contributed by atoms with E-state index in [1.165, 1.54) is 0 Å². The van der Waals surface area contributed by atoms with Crippen molar-refractivity contribution in [3.63, 3.8) is 0 Å². The molecule has 0 fully saturated rings. The van der Waals surface area contributed by atoms with Crippen LogP contribution in [0.2, 0.25) is 0 Å². The Balaban J connectivity index is 2.76. The highest BCUT2D eigenvalue weighted by Gasteiger charge is 2.22. The molecule has 0 N–H and O–H groups in total. The van der Waals surface area contributed by atoms with E-state index in [9.17, 15) is 4.79 Å². The first-order valence-corrected chi connectivity index (χ1v) is 5.45. The van der Waals surface area contributed by atoms with E-state index in [1.54, 1.807) is 19.4 Å². The van der Waals surface area contributed by atoms with E-state index in [2.05, 4.69) is 11.9 Å². The Labute approximate surface area is 94.2 Å². The Morgan fingerprint density at radius 1 is 1.67 bits per heavy atom. The lowest BCUT2D eigenvalue weighted by atomic mass is 10.3. The Morgan fingerprint density at radius 3 is 3.00 bits per heavy atom. The molecular formula is C10H15ClN2O2. The number of ether oxygens (including phenoxy) is 1. The van der Waals surface area contributed by atoms with E-state index in [0.29, 0.717) is 12.3 Å². The molecule has 1 atom stereocenters. The summed E-state index contributed by atoms with van der Waals surface area (Å²) in [5, 5.41) is -0.765. The molecule has 1 rings (SSSR count). The second-order valence-corrected chi connectivity index (χ2v) is 3.56. The van der Waals surface area contributed by atoms with Gasteiger partial charge in [0.05, 0.1) is 24.8 Å². The molecule has 0 bridgehead atoms. The molecule has 4 nitrogen and oxygen atoms in total. The highest BCUT2D eigenvalue weighted by atomic mass is 35.5. The molecule has 1 heterocycles. The first kappa shape index (κ1) is 12.0. The first-order chi connectivity index (χ1) is 7.20. The van der Waals surface area contributed by atoms with Crippen molar-refractivity contribution in [1.29, 1.82) is 0 Å². The van der Waals surface area contributed by atoms with Gasteiger partial charge >= 0.3 is 5.97 Å². The smallest absolute Gasteiger partial charge is 0.330 e. The van der Waals surface area contributed by atoms with Crippen molar-refractivity contribution < 1.29 is 9.53 Å². The molecule has 1 aromatic heterocycles. The molecule has 0 radical (unpaired) electrons. The molecule has 1 unspecified atom stereocenters. The maximum atomic E-state index is 11.4. The minimum absolute atomic E-state index is 0.337. The molecule has 0 saturated carbocycles. The van der Waals surface area contributed by atoms with Gasteiger partial charge in [-0.3, -0.25) is 4.79 Å². The second-order valence-electron chi connectivity index (χ2n) is 3.13. The number of nitrogens with zero attached hydrogens (tertiary/aromatic N) is 2. The number of alkyl halides is 1. The normalized spacial score (nSPS) is 12.5. The third-order valence-electron chi connectivity index (χ3n) is 1.96. The van der Waals surface area contributed by atoms with E-state index >= 15 is 0 Å². The number of rotatable bonds is 5. The van der Waals surface area contributed by atoms with Gasteiger partial charge in [0.1, 0.15) is 0 Å². The van der Waals surface area contributed by atoms with Gasteiger partial charge in [0.2, 0.25) is 0 Å². The monoisotopic (exact) mass is 230 g/mol. The van der Waals surface area contributed by atoms with Crippen LogP contribution in [0.4, 0.5) is 0 Å². The lowest BCUT2D eigenvalue weighted by molar-refractivity contribution is -0.142. The van der Waals surface area contributed by atoms with Crippen LogP contribution >= 0.6 is 11.6 Å². The highest BCUT2D eigenvalue weighted by Crippen LogP contribution is 2.21. The molecule has 1 aromatic rings. The van der Waals surface area contributed by atoms with Gasteiger partial charge in [0.15, 0.2) is 5.38 Å². The maximum absolute atomic E-state index is 11.4. The molecule has 0 spiro atoms. The highest BCUT2D eigenvalue weighted by molar-refractivity contribution is 6.29. The summed E-state index contributed by atoms with van der Waals surface area (Å²) >= 11 is 5.98. The number of imidazole rings is 1. The summed E-state index contributed by atoms with van der Waals surface area (Å²) in [6.45, 7) is 4.95. The molecule has 5 heteroatoms. The molecule has 0 aliphatic carbocycles.